The molecule has 2 N–H and O–H groups in total. The predicted octanol–water partition coefficient (Wildman–Crippen LogP) is 2.80. The molecule has 0 aliphatic carbocycles. The summed E-state index contributed by atoms with van der Waals surface area (Å²) in [5.74, 6) is 1.30. The van der Waals surface area contributed by atoms with Crippen LogP contribution in [0.4, 0.5) is 0 Å². The Labute approximate surface area is 157 Å². The van der Waals surface area contributed by atoms with Crippen molar-refractivity contribution >= 4 is 29.6 Å². The van der Waals surface area contributed by atoms with Crippen LogP contribution < -0.4 is 14.9 Å². The lowest BCUT2D eigenvalue weighted by atomic mass is 9.78. The highest BCUT2D eigenvalue weighted by Gasteiger charge is 2.23. The van der Waals surface area contributed by atoms with Gasteiger partial charge >= 0.3 is 7.12 Å². The second-order valence-electron chi connectivity index (χ2n) is 5.92. The molecule has 0 aliphatic heterocycles. The first kappa shape index (κ1) is 19.0. The van der Waals surface area contributed by atoms with Crippen LogP contribution >= 0.6 is 0 Å². The number of methoxy groups -OCH3 is 2. The van der Waals surface area contributed by atoms with Gasteiger partial charge in [0, 0.05) is 24.0 Å². The largest absolute Gasteiger partial charge is 0.496 e. The number of allylic oxidation sites excluding steroid dienone is 1. The SMILES string of the molecule is C/C=C/c1ccc2oc(-c3cc(B(O)O)c(OCOC)cc3OC)cc2c1. The Morgan fingerprint density at radius 3 is 2.56 bits per heavy atom. The highest BCUT2D eigenvalue weighted by molar-refractivity contribution is 6.60. The van der Waals surface area contributed by atoms with Gasteiger partial charge in [0.05, 0.1) is 12.7 Å². The molecule has 27 heavy (non-hydrogen) atoms. The molecule has 0 saturated carbocycles. The number of hydrogen-bond donors (Lipinski definition) is 2. The fourth-order valence-corrected chi connectivity index (χ4v) is 2.88. The minimum Gasteiger partial charge on any atom is -0.496 e. The van der Waals surface area contributed by atoms with Crippen molar-refractivity contribution in [1.29, 1.82) is 0 Å². The molecule has 3 rings (SSSR count). The van der Waals surface area contributed by atoms with E-state index in [1.165, 1.54) is 14.2 Å². The maximum absolute atomic E-state index is 9.73. The van der Waals surface area contributed by atoms with Gasteiger partial charge in [-0.15, -0.1) is 0 Å². The maximum Gasteiger partial charge on any atom is 0.492 e. The van der Waals surface area contributed by atoms with Crippen LogP contribution in [0.15, 0.2) is 46.9 Å². The van der Waals surface area contributed by atoms with E-state index in [9.17, 15) is 10.0 Å². The summed E-state index contributed by atoms with van der Waals surface area (Å²) >= 11 is 0. The summed E-state index contributed by atoms with van der Waals surface area (Å²) in [7, 11) is 1.30. The molecule has 6 nitrogen and oxygen atoms in total. The maximum atomic E-state index is 9.73. The molecule has 3 aromatic rings. The third-order valence-electron chi connectivity index (χ3n) is 4.11. The zero-order chi connectivity index (χ0) is 19.4. The molecular formula is C20H21BO6. The summed E-state index contributed by atoms with van der Waals surface area (Å²) in [6.45, 7) is 1.94. The number of fused-ring (bicyclic) bond motifs is 1. The van der Waals surface area contributed by atoms with Crippen molar-refractivity contribution in [1.82, 2.24) is 0 Å². The Balaban J connectivity index is 2.11. The van der Waals surface area contributed by atoms with Crippen LogP contribution in [0.1, 0.15) is 12.5 Å². The van der Waals surface area contributed by atoms with E-state index in [2.05, 4.69) is 0 Å². The highest BCUT2D eigenvalue weighted by atomic mass is 16.7. The van der Waals surface area contributed by atoms with E-state index >= 15 is 0 Å². The Kier molecular flexibility index (Phi) is 5.86. The molecule has 1 heterocycles. The molecule has 7 heteroatoms. The monoisotopic (exact) mass is 368 g/mol. The quantitative estimate of drug-likeness (QED) is 0.493. The Morgan fingerprint density at radius 1 is 1.07 bits per heavy atom. The predicted molar refractivity (Wildman–Crippen MR) is 105 cm³/mol. The molecule has 0 fully saturated rings. The van der Waals surface area contributed by atoms with Crippen LogP contribution in [0.25, 0.3) is 28.4 Å². The summed E-state index contributed by atoms with van der Waals surface area (Å²) in [5.41, 5.74) is 2.58. The van der Waals surface area contributed by atoms with Crippen LogP contribution in [0.2, 0.25) is 0 Å². The zero-order valence-corrected chi connectivity index (χ0v) is 15.4. The lowest BCUT2D eigenvalue weighted by molar-refractivity contribution is 0.0516. The summed E-state index contributed by atoms with van der Waals surface area (Å²) in [6.07, 6.45) is 3.98. The molecule has 0 spiro atoms. The fraction of sp³-hybridized carbons (Fsp3) is 0.200. The molecule has 0 saturated heterocycles. The van der Waals surface area contributed by atoms with Crippen molar-refractivity contribution < 1.29 is 28.7 Å². The summed E-state index contributed by atoms with van der Waals surface area (Å²) in [6, 6.07) is 11.0. The molecule has 0 amide bonds. The van der Waals surface area contributed by atoms with Gasteiger partial charge in [-0.3, -0.25) is 0 Å². The van der Waals surface area contributed by atoms with Gasteiger partial charge in [0.15, 0.2) is 6.79 Å². The molecular weight excluding hydrogens is 347 g/mol. The van der Waals surface area contributed by atoms with Crippen LogP contribution in [0, 0.1) is 0 Å². The third kappa shape index (κ3) is 4.00. The van der Waals surface area contributed by atoms with Crippen LogP contribution in [-0.4, -0.2) is 38.2 Å². The number of hydrogen-bond acceptors (Lipinski definition) is 6. The van der Waals surface area contributed by atoms with E-state index in [1.807, 2.05) is 43.3 Å². The molecule has 2 aromatic carbocycles. The summed E-state index contributed by atoms with van der Waals surface area (Å²) < 4.78 is 21.7. The molecule has 140 valence electrons. The first-order valence-electron chi connectivity index (χ1n) is 8.43. The number of benzene rings is 2. The fourth-order valence-electron chi connectivity index (χ4n) is 2.88. The number of furan rings is 1. The smallest absolute Gasteiger partial charge is 0.492 e. The van der Waals surface area contributed by atoms with E-state index in [1.54, 1.807) is 12.1 Å². The molecule has 0 aliphatic rings. The summed E-state index contributed by atoms with van der Waals surface area (Å²) in [5, 5.41) is 20.4. The normalized spacial score (nSPS) is 11.3. The minimum absolute atomic E-state index is 0.0272. The molecule has 0 unspecified atom stereocenters. The first-order valence-corrected chi connectivity index (χ1v) is 8.43. The van der Waals surface area contributed by atoms with Gasteiger partial charge in [-0.05, 0) is 36.8 Å². The molecule has 0 radical (unpaired) electrons. The lowest BCUT2D eigenvalue weighted by Gasteiger charge is -2.14. The second kappa shape index (κ2) is 8.31. The number of ether oxygens (including phenoxy) is 3. The number of rotatable bonds is 7. The third-order valence-corrected chi connectivity index (χ3v) is 4.11. The zero-order valence-electron chi connectivity index (χ0n) is 15.4. The summed E-state index contributed by atoms with van der Waals surface area (Å²) in [4.78, 5) is 0. The topological polar surface area (TPSA) is 81.3 Å². The van der Waals surface area contributed by atoms with E-state index in [0.29, 0.717) is 17.1 Å². The Hall–Kier alpha value is -2.74. The van der Waals surface area contributed by atoms with Crippen LogP contribution in [0.5, 0.6) is 11.5 Å². The van der Waals surface area contributed by atoms with Gasteiger partial charge in [-0.2, -0.15) is 0 Å². The van der Waals surface area contributed by atoms with E-state index in [0.717, 1.165) is 16.5 Å². The Morgan fingerprint density at radius 2 is 1.89 bits per heavy atom. The average Bonchev–Trinajstić information content (AvgIpc) is 3.08. The van der Waals surface area contributed by atoms with Crippen molar-refractivity contribution in [2.45, 2.75) is 6.92 Å². The second-order valence-corrected chi connectivity index (χ2v) is 5.92. The average molecular weight is 368 g/mol. The van der Waals surface area contributed by atoms with E-state index < -0.39 is 7.12 Å². The van der Waals surface area contributed by atoms with Crippen molar-refractivity contribution in [2.24, 2.45) is 0 Å². The van der Waals surface area contributed by atoms with Crippen molar-refractivity contribution in [3.8, 4) is 22.8 Å². The van der Waals surface area contributed by atoms with Gasteiger partial charge < -0.3 is 28.7 Å². The lowest BCUT2D eigenvalue weighted by Crippen LogP contribution is -2.32. The Bertz CT molecular complexity index is 961. The van der Waals surface area contributed by atoms with Crippen molar-refractivity contribution in [3.05, 3.63) is 48.0 Å². The van der Waals surface area contributed by atoms with Gasteiger partial charge in [0.25, 0.3) is 0 Å². The van der Waals surface area contributed by atoms with Gasteiger partial charge in [0.2, 0.25) is 0 Å². The van der Waals surface area contributed by atoms with Crippen molar-refractivity contribution in [2.75, 3.05) is 21.0 Å². The van der Waals surface area contributed by atoms with Crippen LogP contribution in [-0.2, 0) is 4.74 Å². The molecule has 0 atom stereocenters. The van der Waals surface area contributed by atoms with Crippen LogP contribution in [0.3, 0.4) is 0 Å². The standard InChI is InChI=1S/C20H21BO6/c1-4-5-13-6-7-17-14(8-13)9-19(27-17)15-10-16(21(22)23)20(26-12-24-2)11-18(15)25-3/h4-11,22-23H,12H2,1-3H3/b5-4+. The van der Waals surface area contributed by atoms with Gasteiger partial charge in [-0.25, -0.2) is 0 Å². The van der Waals surface area contributed by atoms with E-state index in [-0.39, 0.29) is 18.0 Å². The molecule has 0 bridgehead atoms. The first-order chi connectivity index (χ1) is 13.1. The van der Waals surface area contributed by atoms with Gasteiger partial charge in [0.1, 0.15) is 22.8 Å². The minimum atomic E-state index is -1.72. The van der Waals surface area contributed by atoms with Gasteiger partial charge in [-0.1, -0.05) is 18.2 Å². The van der Waals surface area contributed by atoms with Crippen molar-refractivity contribution in [3.63, 3.8) is 0 Å². The molecule has 1 aromatic heterocycles. The highest BCUT2D eigenvalue weighted by Crippen LogP contribution is 2.36. The van der Waals surface area contributed by atoms with E-state index in [4.69, 9.17) is 18.6 Å².